The number of carbonyl (C=O) groups excluding carboxylic acids is 1. The topological polar surface area (TPSA) is 76.1 Å². The van der Waals surface area contributed by atoms with Gasteiger partial charge in [-0.15, -0.1) is 0 Å². The molecule has 0 aliphatic heterocycles. The van der Waals surface area contributed by atoms with Crippen molar-refractivity contribution in [3.8, 4) is 11.1 Å². The molecular formula is C13H8Cl2F2N2O3S. The van der Waals surface area contributed by atoms with Gasteiger partial charge in [0.2, 0.25) is 16.0 Å². The monoisotopic (exact) mass is 380 g/mol. The predicted molar refractivity (Wildman–Crippen MR) is 81.9 cm³/mol. The molecule has 0 saturated heterocycles. The Bertz CT molecular complexity index is 904. The fraction of sp³-hybridized carbons (Fsp3) is 0.0769. The van der Waals surface area contributed by atoms with E-state index in [1.54, 1.807) is 4.72 Å². The van der Waals surface area contributed by atoms with Crippen LogP contribution >= 0.6 is 23.2 Å². The van der Waals surface area contributed by atoms with Crippen LogP contribution in [0, 0.1) is 11.8 Å². The zero-order valence-electron chi connectivity index (χ0n) is 11.4. The molecule has 2 aromatic rings. The molecule has 2 rings (SSSR count). The van der Waals surface area contributed by atoms with Gasteiger partial charge in [-0.3, -0.25) is 4.79 Å². The summed E-state index contributed by atoms with van der Waals surface area (Å²) in [4.78, 5) is 15.1. The van der Waals surface area contributed by atoms with Crippen molar-refractivity contribution in [1.82, 2.24) is 9.71 Å². The first kappa shape index (κ1) is 17.6. The number of carbonyl (C=O) groups is 1. The van der Waals surface area contributed by atoms with Gasteiger partial charge in [0.1, 0.15) is 5.82 Å². The second-order valence-electron chi connectivity index (χ2n) is 4.51. The number of hydrogen-bond donors (Lipinski definition) is 1. The number of sulfonamides is 1. The van der Waals surface area contributed by atoms with E-state index in [0.29, 0.717) is 0 Å². The molecule has 1 N–H and O–H groups in total. The zero-order chi connectivity index (χ0) is 17.4. The van der Waals surface area contributed by atoms with Gasteiger partial charge in [-0.05, 0) is 18.2 Å². The van der Waals surface area contributed by atoms with Crippen LogP contribution in [0.5, 0.6) is 0 Å². The van der Waals surface area contributed by atoms with Crippen molar-refractivity contribution in [2.75, 3.05) is 6.26 Å². The van der Waals surface area contributed by atoms with Crippen LogP contribution in [0.4, 0.5) is 8.78 Å². The first-order valence-electron chi connectivity index (χ1n) is 5.91. The normalized spacial score (nSPS) is 11.3. The Labute approximate surface area is 140 Å². The van der Waals surface area contributed by atoms with E-state index >= 15 is 0 Å². The number of nitrogens with zero attached hydrogens (tertiary/aromatic N) is 1. The largest absolute Gasteiger partial charge is 0.268 e. The van der Waals surface area contributed by atoms with Crippen molar-refractivity contribution in [1.29, 1.82) is 0 Å². The molecule has 0 aliphatic rings. The van der Waals surface area contributed by atoms with Gasteiger partial charge in [0, 0.05) is 22.3 Å². The van der Waals surface area contributed by atoms with Gasteiger partial charge in [0.25, 0.3) is 5.91 Å². The quantitative estimate of drug-likeness (QED) is 0.830. The first-order chi connectivity index (χ1) is 10.6. The molecule has 0 radical (unpaired) electrons. The lowest BCUT2D eigenvalue weighted by atomic mass is 10.0. The first-order valence-corrected chi connectivity index (χ1v) is 8.56. The number of amides is 1. The second kappa shape index (κ2) is 6.38. The number of nitrogens with one attached hydrogen (secondary N) is 1. The number of aromatic nitrogens is 1. The summed E-state index contributed by atoms with van der Waals surface area (Å²) in [5.74, 6) is -3.06. The average Bonchev–Trinajstić information content (AvgIpc) is 2.42. The van der Waals surface area contributed by atoms with E-state index in [1.807, 2.05) is 0 Å². The summed E-state index contributed by atoms with van der Waals surface area (Å²) in [5, 5.41) is -0.340. The molecule has 0 aliphatic carbocycles. The van der Waals surface area contributed by atoms with Gasteiger partial charge in [-0.2, -0.15) is 4.39 Å². The van der Waals surface area contributed by atoms with Gasteiger partial charge in [0.05, 0.1) is 16.8 Å². The minimum atomic E-state index is -3.85. The lowest BCUT2D eigenvalue weighted by Crippen LogP contribution is -2.30. The van der Waals surface area contributed by atoms with E-state index in [0.717, 1.165) is 24.6 Å². The Morgan fingerprint density at radius 2 is 1.83 bits per heavy atom. The summed E-state index contributed by atoms with van der Waals surface area (Å²) < 4.78 is 50.8. The highest BCUT2D eigenvalue weighted by atomic mass is 35.5. The summed E-state index contributed by atoms with van der Waals surface area (Å²) in [6, 6.07) is 3.07. The third kappa shape index (κ3) is 4.15. The van der Waals surface area contributed by atoms with Gasteiger partial charge in [0.15, 0.2) is 0 Å². The van der Waals surface area contributed by atoms with Crippen LogP contribution in [0.2, 0.25) is 10.0 Å². The SMILES string of the molecule is CS(=O)(=O)NC(=O)c1cc(Cl)c(-c2cnc(F)c(Cl)c2)cc1F. The van der Waals surface area contributed by atoms with Crippen molar-refractivity contribution >= 4 is 39.1 Å². The maximum Gasteiger partial charge on any atom is 0.267 e. The third-order valence-electron chi connectivity index (χ3n) is 2.69. The second-order valence-corrected chi connectivity index (χ2v) is 7.07. The van der Waals surface area contributed by atoms with E-state index < -0.39 is 33.3 Å². The van der Waals surface area contributed by atoms with Gasteiger partial charge < -0.3 is 0 Å². The fourth-order valence-electron chi connectivity index (χ4n) is 1.73. The standard InChI is InChI=1S/C13H8Cl2F2N2O3S/c1-23(21,22)19-13(20)8-3-9(14)7(4-11(8)16)6-2-10(15)12(17)18-5-6/h2-5H,1H3,(H,19,20). The van der Waals surface area contributed by atoms with E-state index in [9.17, 15) is 22.0 Å². The highest BCUT2D eigenvalue weighted by molar-refractivity contribution is 7.89. The summed E-state index contributed by atoms with van der Waals surface area (Å²) in [5.41, 5.74) is -0.199. The van der Waals surface area contributed by atoms with Crippen LogP contribution in [0.3, 0.4) is 0 Å². The van der Waals surface area contributed by atoms with Crippen molar-refractivity contribution in [3.63, 3.8) is 0 Å². The number of rotatable bonds is 3. The third-order valence-corrected chi connectivity index (χ3v) is 3.82. The Balaban J connectivity index is 2.48. The van der Waals surface area contributed by atoms with Crippen LogP contribution in [0.1, 0.15) is 10.4 Å². The summed E-state index contributed by atoms with van der Waals surface area (Å²) >= 11 is 11.6. The van der Waals surface area contributed by atoms with Crippen molar-refractivity contribution in [2.24, 2.45) is 0 Å². The van der Waals surface area contributed by atoms with Crippen LogP contribution in [0.25, 0.3) is 11.1 Å². The van der Waals surface area contributed by atoms with Crippen molar-refractivity contribution in [3.05, 3.63) is 51.8 Å². The predicted octanol–water partition coefficient (Wildman–Crippen LogP) is 3.02. The van der Waals surface area contributed by atoms with Crippen LogP contribution in [-0.4, -0.2) is 25.6 Å². The molecule has 1 heterocycles. The average molecular weight is 381 g/mol. The summed E-state index contributed by atoms with van der Waals surface area (Å²) in [6.45, 7) is 0. The van der Waals surface area contributed by atoms with Crippen molar-refractivity contribution < 1.29 is 22.0 Å². The highest BCUT2D eigenvalue weighted by Gasteiger charge is 2.19. The molecule has 1 aromatic heterocycles. The highest BCUT2D eigenvalue weighted by Crippen LogP contribution is 2.31. The number of pyridine rings is 1. The molecule has 0 atom stereocenters. The number of benzene rings is 1. The maximum absolute atomic E-state index is 14.1. The van der Waals surface area contributed by atoms with E-state index in [2.05, 4.69) is 4.98 Å². The van der Waals surface area contributed by atoms with Gasteiger partial charge >= 0.3 is 0 Å². The van der Waals surface area contributed by atoms with E-state index in [4.69, 9.17) is 23.2 Å². The molecule has 1 aromatic carbocycles. The molecule has 0 saturated carbocycles. The zero-order valence-corrected chi connectivity index (χ0v) is 13.7. The summed E-state index contributed by atoms with van der Waals surface area (Å²) in [7, 11) is -3.85. The molecule has 0 fully saturated rings. The number of hydrogen-bond acceptors (Lipinski definition) is 4. The van der Waals surface area contributed by atoms with Gasteiger partial charge in [-0.1, -0.05) is 23.2 Å². The van der Waals surface area contributed by atoms with Gasteiger partial charge in [-0.25, -0.2) is 22.5 Å². The molecule has 0 spiro atoms. The van der Waals surface area contributed by atoms with E-state index in [1.165, 1.54) is 6.07 Å². The van der Waals surface area contributed by atoms with Crippen molar-refractivity contribution in [2.45, 2.75) is 0 Å². The fourth-order valence-corrected chi connectivity index (χ4v) is 2.62. The molecule has 10 heteroatoms. The Hall–Kier alpha value is -1.77. The Morgan fingerprint density at radius 3 is 2.39 bits per heavy atom. The molecule has 5 nitrogen and oxygen atoms in total. The molecule has 0 unspecified atom stereocenters. The lowest BCUT2D eigenvalue weighted by Gasteiger charge is -2.09. The Morgan fingerprint density at radius 1 is 1.17 bits per heavy atom. The van der Waals surface area contributed by atoms with Crippen LogP contribution in [0.15, 0.2) is 24.4 Å². The molecule has 122 valence electrons. The number of halogens is 4. The molecule has 1 amide bonds. The minimum absolute atomic E-state index is 0.0606. The lowest BCUT2D eigenvalue weighted by molar-refractivity contribution is 0.0978. The molecule has 0 bridgehead atoms. The molecule has 23 heavy (non-hydrogen) atoms. The Kier molecular flexibility index (Phi) is 4.88. The van der Waals surface area contributed by atoms with Crippen LogP contribution in [-0.2, 0) is 10.0 Å². The minimum Gasteiger partial charge on any atom is -0.268 e. The smallest absolute Gasteiger partial charge is 0.267 e. The van der Waals surface area contributed by atoms with E-state index in [-0.39, 0.29) is 21.2 Å². The summed E-state index contributed by atoms with van der Waals surface area (Å²) in [6.07, 6.45) is 1.85. The molecular weight excluding hydrogens is 373 g/mol. The van der Waals surface area contributed by atoms with Crippen LogP contribution < -0.4 is 4.72 Å². The maximum atomic E-state index is 14.1.